The quantitative estimate of drug-likeness (QED) is 0.546. The van der Waals surface area contributed by atoms with E-state index in [1.54, 1.807) is 0 Å². The Labute approximate surface area is 95.7 Å². The van der Waals surface area contributed by atoms with E-state index in [4.69, 9.17) is 5.11 Å². The molecule has 0 aliphatic heterocycles. The third kappa shape index (κ3) is 14.8. The first-order valence-electron chi connectivity index (χ1n) is 6.02. The van der Waals surface area contributed by atoms with E-state index in [1.807, 2.05) is 0 Å². The summed E-state index contributed by atoms with van der Waals surface area (Å²) in [6.45, 7) is 2.63. The molecule has 88 valence electrons. The molecule has 0 unspecified atom stereocenters. The maximum Gasteiger partial charge on any atom is 0.0431 e. The van der Waals surface area contributed by atoms with E-state index >= 15 is 0 Å². The number of halogens is 1. The van der Waals surface area contributed by atoms with Gasteiger partial charge in [0.05, 0.1) is 0 Å². The van der Waals surface area contributed by atoms with Gasteiger partial charge < -0.3 is 5.11 Å². The number of aliphatic hydroxyl groups is 1. The van der Waals surface area contributed by atoms with Crippen LogP contribution in [0.25, 0.3) is 0 Å². The number of hydrogen-bond acceptors (Lipinski definition) is 1. The Kier molecular flexibility index (Phi) is 18.7. The summed E-state index contributed by atoms with van der Waals surface area (Å²) in [5.74, 6) is 0. The molecule has 1 N–H and O–H groups in total. The van der Waals surface area contributed by atoms with Gasteiger partial charge in [-0.15, -0.1) is 12.4 Å². The van der Waals surface area contributed by atoms with Gasteiger partial charge in [0.25, 0.3) is 0 Å². The Morgan fingerprint density at radius 3 is 1.36 bits per heavy atom. The SMILES string of the molecule is CCCCCCCCCCCCO.Cl. The summed E-state index contributed by atoms with van der Waals surface area (Å²) >= 11 is 0. The van der Waals surface area contributed by atoms with Crippen molar-refractivity contribution in [2.24, 2.45) is 0 Å². The van der Waals surface area contributed by atoms with Crippen LogP contribution in [0.3, 0.4) is 0 Å². The van der Waals surface area contributed by atoms with Crippen molar-refractivity contribution in [1.29, 1.82) is 0 Å². The van der Waals surface area contributed by atoms with E-state index in [-0.39, 0.29) is 12.4 Å². The van der Waals surface area contributed by atoms with Crippen molar-refractivity contribution in [3.63, 3.8) is 0 Å². The van der Waals surface area contributed by atoms with Crippen molar-refractivity contribution in [3.8, 4) is 0 Å². The maximum atomic E-state index is 8.57. The van der Waals surface area contributed by atoms with Crippen LogP contribution in [0.2, 0.25) is 0 Å². The van der Waals surface area contributed by atoms with Crippen LogP contribution in [0, 0.1) is 0 Å². The molecule has 0 bridgehead atoms. The summed E-state index contributed by atoms with van der Waals surface area (Å²) < 4.78 is 0. The largest absolute Gasteiger partial charge is 0.396 e. The van der Waals surface area contributed by atoms with Gasteiger partial charge in [-0.05, 0) is 6.42 Å². The highest BCUT2D eigenvalue weighted by molar-refractivity contribution is 5.85. The fourth-order valence-electron chi connectivity index (χ4n) is 1.60. The first kappa shape index (κ1) is 16.7. The minimum atomic E-state index is 0. The molecule has 14 heavy (non-hydrogen) atoms. The Hall–Kier alpha value is 0.250. The monoisotopic (exact) mass is 222 g/mol. The lowest BCUT2D eigenvalue weighted by atomic mass is 10.1. The van der Waals surface area contributed by atoms with Gasteiger partial charge in [0.2, 0.25) is 0 Å². The summed E-state index contributed by atoms with van der Waals surface area (Å²) in [7, 11) is 0. The molecule has 0 amide bonds. The molecule has 0 aliphatic carbocycles. The first-order valence-corrected chi connectivity index (χ1v) is 6.02. The van der Waals surface area contributed by atoms with Crippen LogP contribution < -0.4 is 0 Å². The Balaban J connectivity index is 0. The summed E-state index contributed by atoms with van der Waals surface area (Å²) in [5, 5.41) is 8.57. The maximum absolute atomic E-state index is 8.57. The van der Waals surface area contributed by atoms with E-state index in [0.717, 1.165) is 6.42 Å². The molecule has 0 aliphatic rings. The fraction of sp³-hybridized carbons (Fsp3) is 1.00. The van der Waals surface area contributed by atoms with E-state index in [0.29, 0.717) is 6.61 Å². The molecule has 2 heteroatoms. The average molecular weight is 223 g/mol. The van der Waals surface area contributed by atoms with Crippen LogP contribution >= 0.6 is 12.4 Å². The zero-order valence-electron chi connectivity index (χ0n) is 9.63. The third-order valence-electron chi connectivity index (χ3n) is 2.51. The van der Waals surface area contributed by atoms with Crippen molar-refractivity contribution in [2.75, 3.05) is 6.61 Å². The van der Waals surface area contributed by atoms with Crippen LogP contribution in [0.1, 0.15) is 71.1 Å². The highest BCUT2D eigenvalue weighted by Crippen LogP contribution is 2.09. The molecule has 0 spiro atoms. The fourth-order valence-corrected chi connectivity index (χ4v) is 1.60. The normalized spacial score (nSPS) is 9.86. The molecule has 0 radical (unpaired) electrons. The van der Waals surface area contributed by atoms with Gasteiger partial charge in [-0.3, -0.25) is 0 Å². The van der Waals surface area contributed by atoms with Gasteiger partial charge in [0.1, 0.15) is 0 Å². The number of rotatable bonds is 10. The molecule has 0 fully saturated rings. The predicted octanol–water partition coefficient (Wildman–Crippen LogP) is 4.32. The Morgan fingerprint density at radius 2 is 1.00 bits per heavy atom. The van der Waals surface area contributed by atoms with Crippen molar-refractivity contribution >= 4 is 12.4 Å². The summed E-state index contributed by atoms with van der Waals surface area (Å²) in [6.07, 6.45) is 13.3. The molecule has 0 aromatic rings. The summed E-state index contributed by atoms with van der Waals surface area (Å²) in [6, 6.07) is 0. The minimum absolute atomic E-state index is 0. The average Bonchev–Trinajstić information content (AvgIpc) is 2.16. The molecule has 0 saturated carbocycles. The molecule has 0 atom stereocenters. The number of hydrogen-bond donors (Lipinski definition) is 1. The van der Waals surface area contributed by atoms with Gasteiger partial charge in [-0.2, -0.15) is 0 Å². The molecule has 1 nitrogen and oxygen atoms in total. The van der Waals surface area contributed by atoms with Gasteiger partial charge in [0, 0.05) is 6.61 Å². The van der Waals surface area contributed by atoms with Gasteiger partial charge in [-0.25, -0.2) is 0 Å². The Bertz CT molecular complexity index is 76.4. The number of aliphatic hydroxyl groups excluding tert-OH is 1. The zero-order chi connectivity index (χ0) is 9.78. The van der Waals surface area contributed by atoms with E-state index in [2.05, 4.69) is 6.92 Å². The van der Waals surface area contributed by atoms with E-state index in [9.17, 15) is 0 Å². The number of unbranched alkanes of at least 4 members (excludes halogenated alkanes) is 9. The molecular formula is C12H27ClO. The third-order valence-corrected chi connectivity index (χ3v) is 2.51. The van der Waals surface area contributed by atoms with Crippen LogP contribution in [-0.2, 0) is 0 Å². The highest BCUT2D eigenvalue weighted by atomic mass is 35.5. The van der Waals surface area contributed by atoms with Crippen molar-refractivity contribution < 1.29 is 5.11 Å². The second-order valence-electron chi connectivity index (χ2n) is 3.91. The topological polar surface area (TPSA) is 20.2 Å². The van der Waals surface area contributed by atoms with Gasteiger partial charge >= 0.3 is 0 Å². The van der Waals surface area contributed by atoms with Crippen molar-refractivity contribution in [2.45, 2.75) is 71.1 Å². The molecule has 0 aromatic heterocycles. The van der Waals surface area contributed by atoms with Crippen molar-refractivity contribution in [3.05, 3.63) is 0 Å². The summed E-state index contributed by atoms with van der Waals surface area (Å²) in [5.41, 5.74) is 0. The second-order valence-corrected chi connectivity index (χ2v) is 3.91. The standard InChI is InChI=1S/C12H26O.ClH/c1-2-3-4-5-6-7-8-9-10-11-12-13;/h13H,2-12H2,1H3;1H. The predicted molar refractivity (Wildman–Crippen MR) is 66.2 cm³/mol. The lowest BCUT2D eigenvalue weighted by molar-refractivity contribution is 0.282. The van der Waals surface area contributed by atoms with Gasteiger partial charge in [-0.1, -0.05) is 64.7 Å². The summed E-state index contributed by atoms with van der Waals surface area (Å²) in [4.78, 5) is 0. The minimum Gasteiger partial charge on any atom is -0.396 e. The lowest BCUT2D eigenvalue weighted by Crippen LogP contribution is -1.84. The van der Waals surface area contributed by atoms with Gasteiger partial charge in [0.15, 0.2) is 0 Å². The lowest BCUT2D eigenvalue weighted by Gasteiger charge is -2.00. The zero-order valence-corrected chi connectivity index (χ0v) is 10.5. The van der Waals surface area contributed by atoms with E-state index < -0.39 is 0 Å². The molecule has 0 heterocycles. The molecule has 0 saturated heterocycles. The van der Waals surface area contributed by atoms with Crippen LogP contribution in [0.5, 0.6) is 0 Å². The highest BCUT2D eigenvalue weighted by Gasteiger charge is 1.91. The molecule has 0 aromatic carbocycles. The smallest absolute Gasteiger partial charge is 0.0431 e. The Morgan fingerprint density at radius 1 is 0.643 bits per heavy atom. The van der Waals surface area contributed by atoms with Crippen LogP contribution in [-0.4, -0.2) is 11.7 Å². The van der Waals surface area contributed by atoms with Crippen molar-refractivity contribution in [1.82, 2.24) is 0 Å². The molecule has 0 rings (SSSR count). The van der Waals surface area contributed by atoms with E-state index in [1.165, 1.54) is 57.8 Å². The first-order chi connectivity index (χ1) is 6.41. The molecular weight excluding hydrogens is 196 g/mol. The van der Waals surface area contributed by atoms with Crippen LogP contribution in [0.15, 0.2) is 0 Å². The second kappa shape index (κ2) is 15.7. The van der Waals surface area contributed by atoms with Crippen LogP contribution in [0.4, 0.5) is 0 Å².